The summed E-state index contributed by atoms with van der Waals surface area (Å²) < 4.78 is 16.6. The number of hydrazone groups is 1. The molecule has 10 nitrogen and oxygen atoms in total. The van der Waals surface area contributed by atoms with Crippen molar-refractivity contribution < 1.29 is 28.3 Å². The molecule has 0 aliphatic heterocycles. The number of aromatic carboxylic acids is 1. The number of carbonyl (C=O) groups is 2. The van der Waals surface area contributed by atoms with Gasteiger partial charge in [0.15, 0.2) is 6.61 Å². The van der Waals surface area contributed by atoms with Crippen LogP contribution in [0.5, 0.6) is 5.75 Å². The first-order valence-electron chi connectivity index (χ1n) is 10.2. The lowest BCUT2D eigenvalue weighted by atomic mass is 10.1. The van der Waals surface area contributed by atoms with Crippen LogP contribution in [-0.4, -0.2) is 39.1 Å². The summed E-state index contributed by atoms with van der Waals surface area (Å²) in [5.41, 5.74) is 2.91. The maximum Gasteiger partial charge on any atom is 0.336 e. The van der Waals surface area contributed by atoms with Gasteiger partial charge in [-0.1, -0.05) is 53.2 Å². The Kier molecular flexibility index (Phi) is 8.26. The van der Waals surface area contributed by atoms with Gasteiger partial charge in [0, 0.05) is 10.6 Å². The van der Waals surface area contributed by atoms with Crippen LogP contribution in [-0.2, 0) is 11.4 Å². The van der Waals surface area contributed by atoms with Crippen molar-refractivity contribution >= 4 is 53.1 Å². The topological polar surface area (TPSA) is 140 Å². The molecule has 13 heteroatoms. The van der Waals surface area contributed by atoms with E-state index in [1.54, 1.807) is 48.5 Å². The van der Waals surface area contributed by atoms with E-state index in [0.717, 1.165) is 11.8 Å². The number of carboxylic acid groups (broad SMARTS) is 1. The molecule has 0 unspecified atom stereocenters. The number of rotatable bonds is 10. The fraction of sp³-hybridized carbons (Fsp3) is 0.0870. The molecule has 1 amide bonds. The number of hydrogen-bond donors (Lipinski definition) is 2. The van der Waals surface area contributed by atoms with E-state index in [4.69, 9.17) is 36.8 Å². The van der Waals surface area contributed by atoms with Gasteiger partial charge >= 0.3 is 5.97 Å². The van der Waals surface area contributed by atoms with E-state index in [1.807, 2.05) is 0 Å². The lowest BCUT2D eigenvalue weighted by molar-refractivity contribution is -0.118. The van der Waals surface area contributed by atoms with Crippen molar-refractivity contribution in [1.82, 2.24) is 15.6 Å². The van der Waals surface area contributed by atoms with E-state index >= 15 is 0 Å². The molecule has 0 saturated heterocycles. The third-order valence-corrected chi connectivity index (χ3v) is 5.80. The third kappa shape index (κ3) is 6.66. The van der Waals surface area contributed by atoms with E-state index in [9.17, 15) is 14.7 Å². The van der Waals surface area contributed by atoms with Crippen LogP contribution in [0.4, 0.5) is 0 Å². The third-order valence-electron chi connectivity index (χ3n) is 4.45. The smallest absolute Gasteiger partial charge is 0.336 e. The minimum atomic E-state index is -1.06. The Balaban J connectivity index is 1.24. The molecule has 0 bridgehead atoms. The second-order valence-corrected chi connectivity index (χ2v) is 8.73. The van der Waals surface area contributed by atoms with Crippen molar-refractivity contribution in [2.45, 2.75) is 11.8 Å². The molecule has 4 rings (SSSR count). The molecule has 4 aromatic rings. The zero-order valence-corrected chi connectivity index (χ0v) is 20.5. The van der Waals surface area contributed by atoms with Crippen LogP contribution in [0, 0.1) is 0 Å². The molecule has 0 aliphatic carbocycles. The highest BCUT2D eigenvalue weighted by atomic mass is 35.5. The minimum Gasteiger partial charge on any atom is -0.482 e. The fourth-order valence-corrected chi connectivity index (χ4v) is 3.90. The molecular weight excluding hydrogens is 531 g/mol. The summed E-state index contributed by atoms with van der Waals surface area (Å²) in [5, 5.41) is 21.9. The van der Waals surface area contributed by atoms with Crippen LogP contribution in [0.25, 0.3) is 11.3 Å². The number of carbonyl (C=O) groups excluding carboxylic acids is 1. The first-order valence-corrected chi connectivity index (χ1v) is 11.9. The number of carboxylic acids is 1. The van der Waals surface area contributed by atoms with Gasteiger partial charge < -0.3 is 18.7 Å². The molecule has 0 radical (unpaired) electrons. The lowest BCUT2D eigenvalue weighted by Gasteiger charge is -2.05. The van der Waals surface area contributed by atoms with E-state index < -0.39 is 11.9 Å². The van der Waals surface area contributed by atoms with E-state index in [1.165, 1.54) is 12.3 Å². The predicted molar refractivity (Wildman–Crippen MR) is 133 cm³/mol. The Morgan fingerprint density at radius 2 is 1.94 bits per heavy atom. The molecule has 184 valence electrons. The van der Waals surface area contributed by atoms with Gasteiger partial charge in [-0.05, 0) is 36.4 Å². The van der Waals surface area contributed by atoms with Crippen LogP contribution in [0.3, 0.4) is 0 Å². The normalized spacial score (nSPS) is 11.1. The highest BCUT2D eigenvalue weighted by molar-refractivity contribution is 7.99. The van der Waals surface area contributed by atoms with Gasteiger partial charge in [0.05, 0.1) is 22.6 Å². The first kappa shape index (κ1) is 25.3. The average Bonchev–Trinajstić information content (AvgIpc) is 3.52. The quantitative estimate of drug-likeness (QED) is 0.157. The SMILES string of the molecule is O=C(CSc1nnc(COc2ccc(Cl)cc2Cl)o1)N/N=C\c1ccc(-c2ccccc2C(=O)O)o1. The van der Waals surface area contributed by atoms with Crippen molar-refractivity contribution in [1.29, 1.82) is 0 Å². The number of nitrogens with zero attached hydrogens (tertiary/aromatic N) is 3. The summed E-state index contributed by atoms with van der Waals surface area (Å²) in [6.07, 6.45) is 1.31. The Morgan fingerprint density at radius 3 is 2.75 bits per heavy atom. The van der Waals surface area contributed by atoms with Crippen LogP contribution < -0.4 is 10.2 Å². The van der Waals surface area contributed by atoms with Crippen molar-refractivity contribution in [3.05, 3.63) is 81.9 Å². The lowest BCUT2D eigenvalue weighted by Crippen LogP contribution is -2.19. The number of amides is 1. The summed E-state index contributed by atoms with van der Waals surface area (Å²) in [5.74, 6) is -0.179. The fourth-order valence-electron chi connectivity index (χ4n) is 2.87. The summed E-state index contributed by atoms with van der Waals surface area (Å²) in [7, 11) is 0. The molecule has 2 aromatic carbocycles. The molecule has 0 aliphatic rings. The van der Waals surface area contributed by atoms with Crippen LogP contribution in [0.1, 0.15) is 22.0 Å². The van der Waals surface area contributed by atoms with E-state index in [0.29, 0.717) is 32.9 Å². The maximum atomic E-state index is 12.1. The molecular formula is C23H16Cl2N4O6S. The number of hydrogen-bond acceptors (Lipinski definition) is 9. The van der Waals surface area contributed by atoms with Gasteiger partial charge in [-0.3, -0.25) is 4.79 Å². The van der Waals surface area contributed by atoms with E-state index in [2.05, 4.69) is 20.7 Å². The largest absolute Gasteiger partial charge is 0.482 e. The second-order valence-electron chi connectivity index (χ2n) is 6.96. The standard InChI is InChI=1S/C23H16Cl2N4O6S/c24-13-5-7-19(17(25)9-13)33-11-21-28-29-23(35-21)36-12-20(30)27-26-10-14-6-8-18(34-14)15-3-1-2-4-16(15)22(31)32/h1-10H,11-12H2,(H,27,30)(H,31,32)/b26-10-. The van der Waals surface area contributed by atoms with Crippen LogP contribution >= 0.6 is 35.0 Å². The van der Waals surface area contributed by atoms with Crippen molar-refractivity contribution in [3.8, 4) is 17.1 Å². The zero-order valence-electron chi connectivity index (χ0n) is 18.2. The molecule has 2 N–H and O–H groups in total. The molecule has 2 heterocycles. The molecule has 0 atom stereocenters. The number of aromatic nitrogens is 2. The average molecular weight is 547 g/mol. The summed E-state index contributed by atoms with van der Waals surface area (Å²) in [6.45, 7) is -0.00647. The Bertz CT molecular complexity index is 1420. The number of ether oxygens (including phenoxy) is 1. The van der Waals surface area contributed by atoms with Gasteiger partial charge in [-0.2, -0.15) is 5.10 Å². The summed E-state index contributed by atoms with van der Waals surface area (Å²) >= 11 is 12.9. The van der Waals surface area contributed by atoms with Gasteiger partial charge in [0.2, 0.25) is 0 Å². The highest BCUT2D eigenvalue weighted by Crippen LogP contribution is 2.28. The maximum absolute atomic E-state index is 12.1. The molecule has 36 heavy (non-hydrogen) atoms. The number of halogens is 2. The second kappa shape index (κ2) is 11.8. The van der Waals surface area contributed by atoms with Crippen molar-refractivity contribution in [3.63, 3.8) is 0 Å². The first-order chi connectivity index (χ1) is 17.4. The number of furan rings is 1. The van der Waals surface area contributed by atoms with Crippen molar-refractivity contribution in [2.24, 2.45) is 5.10 Å². The van der Waals surface area contributed by atoms with Crippen LogP contribution in [0.15, 0.2) is 73.8 Å². The predicted octanol–water partition coefficient (Wildman–Crippen LogP) is 5.16. The number of thioether (sulfide) groups is 1. The minimum absolute atomic E-state index is 0.00647. The van der Waals surface area contributed by atoms with E-state index in [-0.39, 0.29) is 29.0 Å². The molecule has 0 saturated carbocycles. The zero-order chi connectivity index (χ0) is 25.5. The van der Waals surface area contributed by atoms with Gasteiger partial charge in [-0.25, -0.2) is 10.2 Å². The van der Waals surface area contributed by atoms with Gasteiger partial charge in [0.25, 0.3) is 17.0 Å². The highest BCUT2D eigenvalue weighted by Gasteiger charge is 2.14. The van der Waals surface area contributed by atoms with Gasteiger partial charge in [-0.15, -0.1) is 10.2 Å². The Morgan fingerprint density at radius 1 is 1.11 bits per heavy atom. The Hall–Kier alpha value is -3.80. The van der Waals surface area contributed by atoms with Crippen LogP contribution in [0.2, 0.25) is 10.0 Å². The number of benzene rings is 2. The summed E-state index contributed by atoms with van der Waals surface area (Å²) in [6, 6.07) is 14.5. The number of nitrogens with one attached hydrogen (secondary N) is 1. The molecule has 0 spiro atoms. The molecule has 2 aromatic heterocycles. The molecule has 0 fully saturated rings. The Labute approximate surface area is 218 Å². The van der Waals surface area contributed by atoms with Crippen molar-refractivity contribution in [2.75, 3.05) is 5.75 Å². The monoisotopic (exact) mass is 546 g/mol. The van der Waals surface area contributed by atoms with Gasteiger partial charge in [0.1, 0.15) is 17.3 Å². The summed E-state index contributed by atoms with van der Waals surface area (Å²) in [4.78, 5) is 23.4.